The van der Waals surface area contributed by atoms with Crippen LogP contribution in [0, 0.1) is 17.8 Å². The summed E-state index contributed by atoms with van der Waals surface area (Å²) in [7, 11) is 0. The average molecular weight is 514 g/mol. The molecule has 2 aromatic rings. The Kier molecular flexibility index (Phi) is 12.3. The molecule has 0 bridgehead atoms. The Balaban J connectivity index is 2.37. The minimum Gasteiger partial charge on any atom is -0.493 e. The van der Waals surface area contributed by atoms with E-state index in [-0.39, 0.29) is 6.42 Å². The van der Waals surface area contributed by atoms with Crippen molar-refractivity contribution in [3.05, 3.63) is 53.1 Å². The molecule has 0 radical (unpaired) electrons. The number of oxime groups is 1. The van der Waals surface area contributed by atoms with Gasteiger partial charge in [0.15, 0.2) is 11.5 Å². The van der Waals surface area contributed by atoms with Crippen molar-refractivity contribution in [2.75, 3.05) is 19.8 Å². The van der Waals surface area contributed by atoms with E-state index in [0.717, 1.165) is 19.3 Å². The number of nitrogens with zero attached hydrogens (tertiary/aromatic N) is 1. The second-order valence-electron chi connectivity index (χ2n) is 10.6. The van der Waals surface area contributed by atoms with Gasteiger partial charge in [0.25, 0.3) is 0 Å². The zero-order chi connectivity index (χ0) is 27.4. The Morgan fingerprint density at radius 1 is 0.730 bits per heavy atom. The second kappa shape index (κ2) is 15.1. The predicted octanol–water partition coefficient (Wildman–Crippen LogP) is 6.82. The van der Waals surface area contributed by atoms with Crippen LogP contribution in [-0.2, 0) is 11.2 Å². The number of benzene rings is 2. The summed E-state index contributed by atoms with van der Waals surface area (Å²) >= 11 is 0. The highest BCUT2D eigenvalue weighted by molar-refractivity contribution is 6.13. The largest absolute Gasteiger partial charge is 0.493 e. The van der Waals surface area contributed by atoms with E-state index < -0.39 is 5.97 Å². The van der Waals surface area contributed by atoms with Gasteiger partial charge in [0.2, 0.25) is 0 Å². The lowest BCUT2D eigenvalue weighted by Crippen LogP contribution is -2.10. The van der Waals surface area contributed by atoms with Gasteiger partial charge in [-0.2, -0.15) is 0 Å². The summed E-state index contributed by atoms with van der Waals surface area (Å²) in [5, 5.41) is 23.0. The number of carbonyl (C=O) groups is 1. The van der Waals surface area contributed by atoms with Crippen LogP contribution in [0.2, 0.25) is 0 Å². The maximum absolute atomic E-state index is 11.5. The maximum Gasteiger partial charge on any atom is 0.307 e. The third-order valence-corrected chi connectivity index (χ3v) is 5.85. The van der Waals surface area contributed by atoms with Gasteiger partial charge in [-0.05, 0) is 73.4 Å². The Bertz CT molecular complexity index is 1030. The zero-order valence-electron chi connectivity index (χ0n) is 23.1. The molecule has 0 unspecified atom stereocenters. The molecule has 0 atom stereocenters. The van der Waals surface area contributed by atoms with Gasteiger partial charge in [0.05, 0.1) is 26.2 Å². The van der Waals surface area contributed by atoms with E-state index in [1.54, 1.807) is 18.2 Å². The summed E-state index contributed by atoms with van der Waals surface area (Å²) in [5.74, 6) is 2.29. The number of hydrogen-bond acceptors (Lipinski definition) is 6. The fourth-order valence-electron chi connectivity index (χ4n) is 3.55. The molecule has 2 rings (SSSR count). The third kappa shape index (κ3) is 10.3. The topological polar surface area (TPSA) is 97.6 Å². The number of aliphatic carboxylic acids is 1. The van der Waals surface area contributed by atoms with Crippen molar-refractivity contribution < 1.29 is 29.3 Å². The van der Waals surface area contributed by atoms with Gasteiger partial charge in [-0.25, -0.2) is 0 Å². The first-order chi connectivity index (χ1) is 17.6. The van der Waals surface area contributed by atoms with E-state index in [9.17, 15) is 15.1 Å². The molecule has 0 aliphatic heterocycles. The van der Waals surface area contributed by atoms with Crippen LogP contribution >= 0.6 is 0 Å². The summed E-state index contributed by atoms with van der Waals surface area (Å²) < 4.78 is 18.0. The standard InChI is InChI=1S/C30H43NO6/c1-20(2)11-14-35-26-9-7-23(17-25(26)19-29(32)33)30(31-34)24-8-10-27(36-15-12-21(3)4)28(18-24)37-16-13-22(5)6/h7-10,17-18,20-22,34H,11-16,19H2,1-6H3,(H,32,33). The first kappa shape index (κ1) is 30.0. The number of hydrogen-bond donors (Lipinski definition) is 2. The molecule has 7 nitrogen and oxygen atoms in total. The maximum atomic E-state index is 11.5. The molecular weight excluding hydrogens is 470 g/mol. The van der Waals surface area contributed by atoms with E-state index >= 15 is 0 Å². The molecule has 2 aromatic carbocycles. The van der Waals surface area contributed by atoms with Gasteiger partial charge in [0.1, 0.15) is 11.5 Å². The lowest BCUT2D eigenvalue weighted by molar-refractivity contribution is -0.136. The minimum atomic E-state index is -0.961. The van der Waals surface area contributed by atoms with E-state index in [1.165, 1.54) is 0 Å². The number of ether oxygens (including phenoxy) is 3. The zero-order valence-corrected chi connectivity index (χ0v) is 23.1. The number of rotatable bonds is 16. The molecule has 2 N–H and O–H groups in total. The molecule has 0 heterocycles. The highest BCUT2D eigenvalue weighted by Crippen LogP contribution is 2.31. The Morgan fingerprint density at radius 3 is 1.68 bits per heavy atom. The molecule has 37 heavy (non-hydrogen) atoms. The van der Waals surface area contributed by atoms with Gasteiger partial charge in [-0.1, -0.05) is 46.7 Å². The van der Waals surface area contributed by atoms with Crippen LogP contribution in [0.5, 0.6) is 17.2 Å². The van der Waals surface area contributed by atoms with Crippen LogP contribution in [0.15, 0.2) is 41.6 Å². The third-order valence-electron chi connectivity index (χ3n) is 5.85. The van der Waals surface area contributed by atoms with Crippen LogP contribution in [0.25, 0.3) is 0 Å². The molecular formula is C30H43NO6. The van der Waals surface area contributed by atoms with E-state index in [2.05, 4.69) is 46.7 Å². The minimum absolute atomic E-state index is 0.199. The molecule has 0 saturated carbocycles. The van der Waals surface area contributed by atoms with Crippen molar-refractivity contribution >= 4 is 11.7 Å². The van der Waals surface area contributed by atoms with Crippen LogP contribution in [0.3, 0.4) is 0 Å². The second-order valence-corrected chi connectivity index (χ2v) is 10.6. The first-order valence-electron chi connectivity index (χ1n) is 13.2. The number of carboxylic acid groups (broad SMARTS) is 1. The van der Waals surface area contributed by atoms with Crippen molar-refractivity contribution in [3.8, 4) is 17.2 Å². The fourth-order valence-corrected chi connectivity index (χ4v) is 3.55. The predicted molar refractivity (Wildman–Crippen MR) is 146 cm³/mol. The molecule has 0 saturated heterocycles. The molecule has 0 aliphatic rings. The fraction of sp³-hybridized carbons (Fsp3) is 0.533. The number of carboxylic acids is 1. The van der Waals surface area contributed by atoms with Gasteiger partial charge in [-0.15, -0.1) is 0 Å². The van der Waals surface area contributed by atoms with Crippen LogP contribution in [-0.4, -0.2) is 41.8 Å². The Hall–Kier alpha value is -3.22. The van der Waals surface area contributed by atoms with Crippen molar-refractivity contribution in [1.29, 1.82) is 0 Å². The SMILES string of the molecule is CC(C)CCOc1ccc(C(=NO)c2ccc(OCCC(C)C)c(OCCC(C)C)c2)cc1CC(=O)O. The first-order valence-corrected chi connectivity index (χ1v) is 13.2. The molecule has 204 valence electrons. The summed E-state index contributed by atoms with van der Waals surface area (Å²) in [6, 6.07) is 10.7. The molecule has 0 amide bonds. The molecule has 0 aromatic heterocycles. The van der Waals surface area contributed by atoms with Crippen molar-refractivity contribution in [1.82, 2.24) is 0 Å². The van der Waals surface area contributed by atoms with Gasteiger partial charge in [0, 0.05) is 16.7 Å². The van der Waals surface area contributed by atoms with Crippen molar-refractivity contribution in [3.63, 3.8) is 0 Å². The highest BCUT2D eigenvalue weighted by atomic mass is 16.5. The summed E-state index contributed by atoms with van der Waals surface area (Å²) in [6.07, 6.45) is 2.49. The summed E-state index contributed by atoms with van der Waals surface area (Å²) in [6.45, 7) is 14.4. The average Bonchev–Trinajstić information content (AvgIpc) is 2.81. The lowest BCUT2D eigenvalue weighted by atomic mass is 9.98. The normalized spacial score (nSPS) is 11.9. The van der Waals surface area contributed by atoms with Crippen molar-refractivity contribution in [2.45, 2.75) is 67.2 Å². The Labute approximate surface area is 221 Å². The van der Waals surface area contributed by atoms with Crippen molar-refractivity contribution in [2.24, 2.45) is 22.9 Å². The summed E-state index contributed by atoms with van der Waals surface area (Å²) in [5.41, 5.74) is 2.05. The Morgan fingerprint density at radius 2 is 1.19 bits per heavy atom. The van der Waals surface area contributed by atoms with Gasteiger partial charge >= 0.3 is 5.97 Å². The summed E-state index contributed by atoms with van der Waals surface area (Å²) in [4.78, 5) is 11.5. The van der Waals surface area contributed by atoms with E-state index in [1.807, 2.05) is 18.2 Å². The quantitative estimate of drug-likeness (QED) is 0.145. The smallest absolute Gasteiger partial charge is 0.307 e. The monoisotopic (exact) mass is 513 g/mol. The van der Waals surface area contributed by atoms with E-state index in [0.29, 0.717) is 77.2 Å². The molecule has 0 spiro atoms. The van der Waals surface area contributed by atoms with Gasteiger partial charge < -0.3 is 24.5 Å². The lowest BCUT2D eigenvalue weighted by Gasteiger charge is -2.17. The molecule has 0 aliphatic carbocycles. The molecule has 0 fully saturated rings. The van der Waals surface area contributed by atoms with Gasteiger partial charge in [-0.3, -0.25) is 4.79 Å². The van der Waals surface area contributed by atoms with Crippen LogP contribution < -0.4 is 14.2 Å². The van der Waals surface area contributed by atoms with Crippen LogP contribution in [0.4, 0.5) is 0 Å². The van der Waals surface area contributed by atoms with Crippen LogP contribution in [0.1, 0.15) is 77.5 Å². The molecule has 7 heteroatoms. The highest BCUT2D eigenvalue weighted by Gasteiger charge is 2.17. The van der Waals surface area contributed by atoms with E-state index in [4.69, 9.17) is 14.2 Å².